The van der Waals surface area contributed by atoms with Crippen molar-refractivity contribution in [3.8, 4) is 11.4 Å². The first kappa shape index (κ1) is 22.6. The molecule has 5 rings (SSSR count). The van der Waals surface area contributed by atoms with Gasteiger partial charge in [0.1, 0.15) is 11.9 Å². The van der Waals surface area contributed by atoms with E-state index in [1.54, 1.807) is 24.4 Å². The molecule has 2 fully saturated rings. The maximum absolute atomic E-state index is 12.7. The maximum atomic E-state index is 12.7. The number of sulfone groups is 1. The van der Waals surface area contributed by atoms with Crippen molar-refractivity contribution in [1.82, 2.24) is 14.5 Å². The molecule has 2 bridgehead atoms. The summed E-state index contributed by atoms with van der Waals surface area (Å²) in [7, 11) is -3.28. The van der Waals surface area contributed by atoms with E-state index >= 15 is 0 Å². The zero-order chi connectivity index (χ0) is 23.9. The highest BCUT2D eigenvalue weighted by Gasteiger charge is 2.42. The summed E-state index contributed by atoms with van der Waals surface area (Å²) in [5.74, 6) is 1.35. The van der Waals surface area contributed by atoms with E-state index < -0.39 is 9.84 Å². The molecule has 0 saturated carbocycles. The minimum atomic E-state index is -3.28. The van der Waals surface area contributed by atoms with Crippen molar-refractivity contribution in [3.05, 3.63) is 70.9 Å². The number of pyridine rings is 1. The molecule has 2 saturated heterocycles. The second kappa shape index (κ2) is 8.87. The van der Waals surface area contributed by atoms with Crippen LogP contribution in [0.25, 0.3) is 5.69 Å². The summed E-state index contributed by atoms with van der Waals surface area (Å²) in [4.78, 5) is 24.5. The predicted octanol–water partition coefficient (Wildman–Crippen LogP) is 3.17. The van der Waals surface area contributed by atoms with E-state index in [2.05, 4.69) is 21.8 Å². The Morgan fingerprint density at radius 3 is 2.24 bits per heavy atom. The van der Waals surface area contributed by atoms with Crippen LogP contribution in [0.5, 0.6) is 5.75 Å². The lowest BCUT2D eigenvalue weighted by Gasteiger charge is -2.38. The zero-order valence-electron chi connectivity index (χ0n) is 19.3. The number of fused-ring (bicyclic) bond motifs is 2. The quantitative estimate of drug-likeness (QED) is 0.535. The first-order valence-corrected chi connectivity index (χ1v) is 13.5. The third-order valence-corrected chi connectivity index (χ3v) is 7.89. The molecule has 2 aromatic heterocycles. The molecule has 3 aromatic rings. The normalized spacial score (nSPS) is 22.1. The minimum absolute atomic E-state index is 0.0351. The number of aryl methyl sites for hydroxylation is 1. The third-order valence-electron chi connectivity index (χ3n) is 6.76. The average Bonchev–Trinajstić information content (AvgIpc) is 3.09. The van der Waals surface area contributed by atoms with Gasteiger partial charge < -0.3 is 9.64 Å². The van der Waals surface area contributed by atoms with Gasteiger partial charge >= 0.3 is 0 Å². The Labute approximate surface area is 199 Å². The van der Waals surface area contributed by atoms with Gasteiger partial charge in [-0.3, -0.25) is 9.36 Å². The Kier molecular flexibility index (Phi) is 5.89. The SMILES string of the molecule is CCc1cnc(N2[C@@H]3CC[C@@H]2CC(Oc2ccn(-c4ccc(S(C)(=O)=O)cc4)c(=O)c2)C3)nc1. The number of hydrogen-bond donors (Lipinski definition) is 0. The van der Waals surface area contributed by atoms with Crippen LogP contribution in [0.3, 0.4) is 0 Å². The second-order valence-corrected chi connectivity index (χ2v) is 11.1. The Hall–Kier alpha value is -3.20. The summed E-state index contributed by atoms with van der Waals surface area (Å²) in [5.41, 5.74) is 1.51. The summed E-state index contributed by atoms with van der Waals surface area (Å²) >= 11 is 0. The minimum Gasteiger partial charge on any atom is -0.490 e. The van der Waals surface area contributed by atoms with Crippen molar-refractivity contribution >= 4 is 15.8 Å². The van der Waals surface area contributed by atoms with Crippen LogP contribution < -0.4 is 15.2 Å². The first-order chi connectivity index (χ1) is 16.3. The molecule has 0 aliphatic carbocycles. The Balaban J connectivity index is 1.28. The van der Waals surface area contributed by atoms with Crippen LogP contribution in [0.15, 0.2) is 64.7 Å². The Bertz CT molecular complexity index is 1320. The summed E-state index contributed by atoms with van der Waals surface area (Å²) in [6.07, 6.45) is 11.5. The molecular formula is C25H28N4O4S. The lowest BCUT2D eigenvalue weighted by Crippen LogP contribution is -2.47. The van der Waals surface area contributed by atoms with Gasteiger partial charge in [0.2, 0.25) is 5.95 Å². The topological polar surface area (TPSA) is 94.4 Å². The summed E-state index contributed by atoms with van der Waals surface area (Å²) in [6.45, 7) is 2.10. The number of piperidine rings is 1. The summed E-state index contributed by atoms with van der Waals surface area (Å²) < 4.78 is 31.0. The Morgan fingerprint density at radius 1 is 1.03 bits per heavy atom. The Morgan fingerprint density at radius 2 is 1.68 bits per heavy atom. The van der Waals surface area contributed by atoms with Crippen LogP contribution in [0, 0.1) is 0 Å². The molecule has 4 heterocycles. The molecule has 0 unspecified atom stereocenters. The number of ether oxygens (including phenoxy) is 1. The van der Waals surface area contributed by atoms with Gasteiger partial charge in [-0.25, -0.2) is 18.4 Å². The van der Waals surface area contributed by atoms with Crippen molar-refractivity contribution in [1.29, 1.82) is 0 Å². The summed E-state index contributed by atoms with van der Waals surface area (Å²) in [5, 5.41) is 0. The molecule has 0 amide bonds. The molecule has 9 heteroatoms. The zero-order valence-corrected chi connectivity index (χ0v) is 20.1. The van der Waals surface area contributed by atoms with Gasteiger partial charge in [-0.2, -0.15) is 0 Å². The third kappa shape index (κ3) is 4.44. The van der Waals surface area contributed by atoms with Crippen LogP contribution in [0.2, 0.25) is 0 Å². The van der Waals surface area contributed by atoms with Crippen molar-refractivity contribution < 1.29 is 13.2 Å². The second-order valence-electron chi connectivity index (χ2n) is 9.09. The monoisotopic (exact) mass is 480 g/mol. The fourth-order valence-electron chi connectivity index (χ4n) is 5.01. The number of anilines is 1. The summed E-state index contributed by atoms with van der Waals surface area (Å²) in [6, 6.07) is 10.2. The van der Waals surface area contributed by atoms with Crippen LogP contribution in [-0.2, 0) is 16.3 Å². The van der Waals surface area contributed by atoms with Crippen molar-refractivity contribution in [2.75, 3.05) is 11.2 Å². The van der Waals surface area contributed by atoms with E-state index in [1.807, 2.05) is 12.4 Å². The van der Waals surface area contributed by atoms with E-state index in [9.17, 15) is 13.2 Å². The molecule has 2 aliphatic rings. The van der Waals surface area contributed by atoms with E-state index in [0.717, 1.165) is 49.9 Å². The van der Waals surface area contributed by atoms with Gasteiger partial charge in [-0.05, 0) is 55.2 Å². The van der Waals surface area contributed by atoms with Crippen molar-refractivity contribution in [3.63, 3.8) is 0 Å². The van der Waals surface area contributed by atoms with Gasteiger partial charge in [-0.15, -0.1) is 0 Å². The highest BCUT2D eigenvalue weighted by Crippen LogP contribution is 2.39. The highest BCUT2D eigenvalue weighted by atomic mass is 32.2. The van der Waals surface area contributed by atoms with E-state index in [0.29, 0.717) is 23.5 Å². The number of benzene rings is 1. The molecule has 1 aromatic carbocycles. The lowest BCUT2D eigenvalue weighted by atomic mass is 10.00. The molecule has 2 atom stereocenters. The van der Waals surface area contributed by atoms with Crippen molar-refractivity contribution in [2.24, 2.45) is 0 Å². The van der Waals surface area contributed by atoms with Crippen molar-refractivity contribution in [2.45, 2.75) is 62.1 Å². The van der Waals surface area contributed by atoms with Gasteiger partial charge in [0.25, 0.3) is 5.56 Å². The van der Waals surface area contributed by atoms with E-state index in [-0.39, 0.29) is 16.6 Å². The van der Waals surface area contributed by atoms with Gasteiger partial charge in [0.15, 0.2) is 9.84 Å². The predicted molar refractivity (Wildman–Crippen MR) is 129 cm³/mol. The van der Waals surface area contributed by atoms with Crippen LogP contribution in [0.1, 0.15) is 38.2 Å². The molecule has 0 radical (unpaired) electrons. The fourth-order valence-corrected chi connectivity index (χ4v) is 5.64. The number of nitrogens with zero attached hydrogens (tertiary/aromatic N) is 4. The van der Waals surface area contributed by atoms with Crippen LogP contribution in [0.4, 0.5) is 5.95 Å². The van der Waals surface area contributed by atoms with Crippen LogP contribution in [-0.4, -0.2) is 47.4 Å². The maximum Gasteiger partial charge on any atom is 0.258 e. The van der Waals surface area contributed by atoms with E-state index in [1.165, 1.54) is 22.8 Å². The van der Waals surface area contributed by atoms with Gasteiger partial charge in [0.05, 0.1) is 4.90 Å². The molecule has 2 aliphatic heterocycles. The lowest BCUT2D eigenvalue weighted by molar-refractivity contribution is 0.149. The smallest absolute Gasteiger partial charge is 0.258 e. The van der Waals surface area contributed by atoms with Crippen LogP contribution >= 0.6 is 0 Å². The molecule has 0 spiro atoms. The molecule has 8 nitrogen and oxygen atoms in total. The fraction of sp³-hybridized carbons (Fsp3) is 0.400. The number of rotatable bonds is 6. The van der Waals surface area contributed by atoms with Gasteiger partial charge in [0, 0.05) is 61.5 Å². The molecule has 34 heavy (non-hydrogen) atoms. The molecule has 178 valence electrons. The molecule has 0 N–H and O–H groups in total. The highest BCUT2D eigenvalue weighted by molar-refractivity contribution is 7.90. The number of hydrogen-bond acceptors (Lipinski definition) is 7. The first-order valence-electron chi connectivity index (χ1n) is 11.6. The molecular weight excluding hydrogens is 452 g/mol. The van der Waals surface area contributed by atoms with E-state index in [4.69, 9.17) is 4.74 Å². The van der Waals surface area contributed by atoms with Gasteiger partial charge in [-0.1, -0.05) is 6.92 Å². The standard InChI is InChI=1S/C25H28N4O4S/c1-3-17-15-26-25(27-16-17)29-19-4-5-20(29)13-22(12-19)33-21-10-11-28(24(30)14-21)18-6-8-23(9-7-18)34(2,31)32/h6-11,14-16,19-20,22H,3-5,12-13H2,1-2H3/t19-,20-/m1/s1. The average molecular weight is 481 g/mol. The number of aromatic nitrogens is 3. The largest absolute Gasteiger partial charge is 0.490 e.